The zero-order valence-corrected chi connectivity index (χ0v) is 10.3. The molecule has 0 aliphatic carbocycles. The Morgan fingerprint density at radius 2 is 2.40 bits per heavy atom. The summed E-state index contributed by atoms with van der Waals surface area (Å²) in [5, 5.41) is 9.35. The van der Waals surface area contributed by atoms with E-state index in [1.807, 2.05) is 11.8 Å². The van der Waals surface area contributed by atoms with Crippen LogP contribution in [0.4, 0.5) is 0 Å². The lowest BCUT2D eigenvalue weighted by atomic mass is 10.1. The molecule has 88 valence electrons. The van der Waals surface area contributed by atoms with Crippen LogP contribution in [-0.4, -0.2) is 46.6 Å². The van der Waals surface area contributed by atoms with Crippen LogP contribution in [0.25, 0.3) is 0 Å². The van der Waals surface area contributed by atoms with E-state index < -0.39 is 5.97 Å². The smallest absolute Gasteiger partial charge is 0.304 e. The van der Waals surface area contributed by atoms with Gasteiger partial charge in [0.05, 0.1) is 6.42 Å². The summed E-state index contributed by atoms with van der Waals surface area (Å²) in [5.41, 5.74) is 0. The van der Waals surface area contributed by atoms with Gasteiger partial charge >= 0.3 is 5.97 Å². The van der Waals surface area contributed by atoms with E-state index in [0.717, 1.165) is 24.9 Å². The molecule has 3 nitrogen and oxygen atoms in total. The summed E-state index contributed by atoms with van der Waals surface area (Å²) >= 11 is 2.05. The van der Waals surface area contributed by atoms with Gasteiger partial charge in [-0.2, -0.15) is 11.8 Å². The molecule has 0 aromatic carbocycles. The minimum atomic E-state index is -0.682. The molecule has 0 spiro atoms. The number of nitrogens with zero attached hydrogens (tertiary/aromatic N) is 1. The van der Waals surface area contributed by atoms with Crippen LogP contribution >= 0.6 is 11.8 Å². The molecule has 1 aliphatic heterocycles. The fourth-order valence-electron chi connectivity index (χ4n) is 1.89. The molecular weight excluding hydrogens is 210 g/mol. The third kappa shape index (κ3) is 5.42. The van der Waals surface area contributed by atoms with E-state index in [1.165, 1.54) is 25.0 Å². The molecule has 1 saturated heterocycles. The molecule has 1 fully saturated rings. The van der Waals surface area contributed by atoms with E-state index in [9.17, 15) is 4.79 Å². The summed E-state index contributed by atoms with van der Waals surface area (Å²) in [4.78, 5) is 12.8. The molecule has 1 aliphatic rings. The summed E-state index contributed by atoms with van der Waals surface area (Å²) in [5.74, 6) is 0.551. The molecule has 0 bridgehead atoms. The molecule has 0 saturated carbocycles. The summed E-state index contributed by atoms with van der Waals surface area (Å²) in [6.07, 6.45) is 4.04. The monoisotopic (exact) mass is 231 g/mol. The Hall–Kier alpha value is -0.220. The van der Waals surface area contributed by atoms with Crippen molar-refractivity contribution in [3.63, 3.8) is 0 Å². The number of rotatable bonds is 6. The van der Waals surface area contributed by atoms with Crippen molar-refractivity contribution in [1.29, 1.82) is 0 Å². The SMILES string of the molecule is CCCSC1CCCN(CCC(=O)O)C1. The van der Waals surface area contributed by atoms with Gasteiger partial charge in [0, 0.05) is 18.3 Å². The van der Waals surface area contributed by atoms with Gasteiger partial charge in [0.2, 0.25) is 0 Å². The number of likely N-dealkylation sites (tertiary alicyclic amines) is 1. The number of carboxylic acid groups (broad SMARTS) is 1. The van der Waals surface area contributed by atoms with Crippen molar-refractivity contribution < 1.29 is 9.90 Å². The van der Waals surface area contributed by atoms with Crippen LogP contribution < -0.4 is 0 Å². The Morgan fingerprint density at radius 3 is 3.07 bits per heavy atom. The van der Waals surface area contributed by atoms with Crippen LogP contribution in [0.3, 0.4) is 0 Å². The number of carboxylic acids is 1. The minimum absolute atomic E-state index is 0.283. The number of hydrogen-bond donors (Lipinski definition) is 1. The predicted molar refractivity (Wildman–Crippen MR) is 64.5 cm³/mol. The minimum Gasteiger partial charge on any atom is -0.481 e. The van der Waals surface area contributed by atoms with E-state index in [-0.39, 0.29) is 6.42 Å². The number of thioether (sulfide) groups is 1. The molecule has 15 heavy (non-hydrogen) atoms. The van der Waals surface area contributed by atoms with Crippen molar-refractivity contribution in [2.45, 2.75) is 37.9 Å². The molecule has 1 atom stereocenters. The fourth-order valence-corrected chi connectivity index (χ4v) is 3.11. The van der Waals surface area contributed by atoms with Gasteiger partial charge in [0.15, 0.2) is 0 Å². The Kier molecular flexibility index (Phi) is 6.10. The van der Waals surface area contributed by atoms with Crippen molar-refractivity contribution in [2.24, 2.45) is 0 Å². The lowest BCUT2D eigenvalue weighted by molar-refractivity contribution is -0.137. The van der Waals surface area contributed by atoms with Crippen LogP contribution in [0.2, 0.25) is 0 Å². The Labute approximate surface area is 96.2 Å². The molecule has 1 heterocycles. The van der Waals surface area contributed by atoms with Crippen LogP contribution in [0.1, 0.15) is 32.6 Å². The highest BCUT2D eigenvalue weighted by atomic mass is 32.2. The molecule has 0 amide bonds. The van der Waals surface area contributed by atoms with E-state index in [2.05, 4.69) is 11.8 Å². The topological polar surface area (TPSA) is 40.5 Å². The number of carbonyl (C=O) groups is 1. The maximum atomic E-state index is 10.5. The predicted octanol–water partition coefficient (Wildman–Crippen LogP) is 2.07. The van der Waals surface area contributed by atoms with Crippen molar-refractivity contribution >= 4 is 17.7 Å². The van der Waals surface area contributed by atoms with E-state index in [0.29, 0.717) is 0 Å². The fraction of sp³-hybridized carbons (Fsp3) is 0.909. The van der Waals surface area contributed by atoms with Gasteiger partial charge in [-0.3, -0.25) is 4.79 Å². The van der Waals surface area contributed by atoms with Gasteiger partial charge in [0.1, 0.15) is 0 Å². The van der Waals surface area contributed by atoms with Gasteiger partial charge in [-0.05, 0) is 31.6 Å². The lowest BCUT2D eigenvalue weighted by Gasteiger charge is -2.31. The molecule has 1 rings (SSSR count). The molecule has 0 aromatic rings. The average Bonchev–Trinajstić information content (AvgIpc) is 2.24. The first-order valence-corrected chi connectivity index (χ1v) is 6.83. The quantitative estimate of drug-likeness (QED) is 0.759. The van der Waals surface area contributed by atoms with E-state index >= 15 is 0 Å². The van der Waals surface area contributed by atoms with E-state index in [1.54, 1.807) is 0 Å². The number of aliphatic carboxylic acids is 1. The Balaban J connectivity index is 2.19. The van der Waals surface area contributed by atoms with Crippen LogP contribution in [0.15, 0.2) is 0 Å². The van der Waals surface area contributed by atoms with Gasteiger partial charge < -0.3 is 10.0 Å². The van der Waals surface area contributed by atoms with Gasteiger partial charge in [-0.25, -0.2) is 0 Å². The number of hydrogen-bond acceptors (Lipinski definition) is 3. The largest absolute Gasteiger partial charge is 0.481 e. The van der Waals surface area contributed by atoms with Crippen molar-refractivity contribution in [2.75, 3.05) is 25.4 Å². The maximum absolute atomic E-state index is 10.5. The highest BCUT2D eigenvalue weighted by Gasteiger charge is 2.19. The lowest BCUT2D eigenvalue weighted by Crippen LogP contribution is -2.38. The van der Waals surface area contributed by atoms with Crippen LogP contribution in [0.5, 0.6) is 0 Å². The molecular formula is C11H21NO2S. The molecule has 0 radical (unpaired) electrons. The molecule has 1 unspecified atom stereocenters. The third-order valence-electron chi connectivity index (χ3n) is 2.66. The first kappa shape index (κ1) is 12.8. The van der Waals surface area contributed by atoms with Crippen LogP contribution in [0, 0.1) is 0 Å². The summed E-state index contributed by atoms with van der Waals surface area (Å²) in [6.45, 7) is 5.09. The third-order valence-corrected chi connectivity index (χ3v) is 4.16. The Bertz CT molecular complexity index is 199. The highest BCUT2D eigenvalue weighted by Crippen LogP contribution is 2.22. The zero-order valence-electron chi connectivity index (χ0n) is 9.45. The first-order valence-electron chi connectivity index (χ1n) is 5.78. The van der Waals surface area contributed by atoms with Crippen molar-refractivity contribution in [3.8, 4) is 0 Å². The first-order chi connectivity index (χ1) is 7.22. The Morgan fingerprint density at radius 1 is 1.60 bits per heavy atom. The van der Waals surface area contributed by atoms with Crippen LogP contribution in [-0.2, 0) is 4.79 Å². The summed E-state index contributed by atoms with van der Waals surface area (Å²) in [7, 11) is 0. The second-order valence-electron chi connectivity index (χ2n) is 4.08. The van der Waals surface area contributed by atoms with Gasteiger partial charge in [-0.15, -0.1) is 0 Å². The highest BCUT2D eigenvalue weighted by molar-refractivity contribution is 7.99. The van der Waals surface area contributed by atoms with Crippen molar-refractivity contribution in [3.05, 3.63) is 0 Å². The standard InChI is InChI=1S/C11H21NO2S/c1-2-8-15-10-4-3-6-12(9-10)7-5-11(13)14/h10H,2-9H2,1H3,(H,13,14). The van der Waals surface area contributed by atoms with Gasteiger partial charge in [-0.1, -0.05) is 6.92 Å². The summed E-state index contributed by atoms with van der Waals surface area (Å²) < 4.78 is 0. The van der Waals surface area contributed by atoms with Gasteiger partial charge in [0.25, 0.3) is 0 Å². The average molecular weight is 231 g/mol. The second kappa shape index (κ2) is 7.12. The number of piperidine rings is 1. The van der Waals surface area contributed by atoms with E-state index in [4.69, 9.17) is 5.11 Å². The summed E-state index contributed by atoms with van der Waals surface area (Å²) in [6, 6.07) is 0. The van der Waals surface area contributed by atoms with Crippen molar-refractivity contribution in [1.82, 2.24) is 4.90 Å². The second-order valence-corrected chi connectivity index (χ2v) is 5.49. The normalized spacial score (nSPS) is 22.9. The maximum Gasteiger partial charge on any atom is 0.304 e. The zero-order chi connectivity index (χ0) is 11.1. The molecule has 4 heteroatoms. The molecule has 1 N–H and O–H groups in total. The molecule has 0 aromatic heterocycles.